The highest BCUT2D eigenvalue weighted by atomic mass is 35.5. The monoisotopic (exact) mass is 306 g/mol. The predicted octanol–water partition coefficient (Wildman–Crippen LogP) is 3.78. The molecule has 1 aliphatic rings. The molecule has 1 aromatic heterocycles. The Labute approximate surface area is 127 Å². The van der Waals surface area contributed by atoms with E-state index in [9.17, 15) is 4.79 Å². The van der Waals surface area contributed by atoms with Gasteiger partial charge in [-0.1, -0.05) is 12.1 Å². The van der Waals surface area contributed by atoms with E-state index in [0.717, 1.165) is 34.7 Å². The Morgan fingerprint density at radius 1 is 1.50 bits per heavy atom. The summed E-state index contributed by atoms with van der Waals surface area (Å²) in [5.41, 5.74) is 2.57. The second-order valence-electron chi connectivity index (χ2n) is 5.01. The van der Waals surface area contributed by atoms with Crippen molar-refractivity contribution in [3.8, 4) is 10.6 Å². The molecular formula is C15H15ClN2OS. The van der Waals surface area contributed by atoms with Gasteiger partial charge in [-0.05, 0) is 25.0 Å². The van der Waals surface area contributed by atoms with Crippen LogP contribution in [0.1, 0.15) is 28.9 Å². The van der Waals surface area contributed by atoms with Gasteiger partial charge in [0.15, 0.2) is 0 Å². The number of thiazole rings is 1. The van der Waals surface area contributed by atoms with Crippen LogP contribution in [0.15, 0.2) is 29.6 Å². The molecule has 5 heteroatoms. The van der Waals surface area contributed by atoms with E-state index >= 15 is 0 Å². The quantitative estimate of drug-likeness (QED) is 0.805. The molecule has 1 amide bonds. The van der Waals surface area contributed by atoms with Gasteiger partial charge in [0.1, 0.15) is 5.01 Å². The third kappa shape index (κ3) is 2.72. The molecule has 1 aromatic carbocycles. The fraction of sp³-hybridized carbons (Fsp3) is 0.333. The Balaban J connectivity index is 1.86. The van der Waals surface area contributed by atoms with E-state index in [1.807, 2.05) is 41.6 Å². The topological polar surface area (TPSA) is 33.2 Å². The van der Waals surface area contributed by atoms with Crippen molar-refractivity contribution in [2.24, 2.45) is 0 Å². The summed E-state index contributed by atoms with van der Waals surface area (Å²) in [4.78, 5) is 18.7. The van der Waals surface area contributed by atoms with Crippen LogP contribution in [0.5, 0.6) is 0 Å². The summed E-state index contributed by atoms with van der Waals surface area (Å²) in [5.74, 6) is 0.503. The van der Waals surface area contributed by atoms with Crippen LogP contribution in [0.4, 0.5) is 0 Å². The molecule has 0 N–H and O–H groups in total. The molecule has 3 nitrogen and oxygen atoms in total. The number of nitrogens with zero attached hydrogens (tertiary/aromatic N) is 2. The molecule has 3 rings (SSSR count). The summed E-state index contributed by atoms with van der Waals surface area (Å²) >= 11 is 7.33. The SMILES string of the molecule is CN(C(=O)c1cccc(-c2nc(CCl)cs2)c1)C1CC1. The highest BCUT2D eigenvalue weighted by molar-refractivity contribution is 7.13. The summed E-state index contributed by atoms with van der Waals surface area (Å²) in [6.45, 7) is 0. The molecule has 0 spiro atoms. The number of rotatable bonds is 4. The Hall–Kier alpha value is -1.39. The minimum absolute atomic E-state index is 0.0865. The number of halogens is 1. The zero-order valence-electron chi connectivity index (χ0n) is 11.2. The number of benzene rings is 1. The maximum Gasteiger partial charge on any atom is 0.253 e. The molecule has 1 heterocycles. The molecule has 0 saturated heterocycles. The van der Waals surface area contributed by atoms with E-state index in [4.69, 9.17) is 11.6 Å². The van der Waals surface area contributed by atoms with Crippen LogP contribution in [0.25, 0.3) is 10.6 Å². The molecule has 0 unspecified atom stereocenters. The average Bonchev–Trinajstić information content (AvgIpc) is 3.23. The maximum absolute atomic E-state index is 12.4. The Morgan fingerprint density at radius 3 is 2.95 bits per heavy atom. The van der Waals surface area contributed by atoms with Gasteiger partial charge in [-0.25, -0.2) is 4.98 Å². The van der Waals surface area contributed by atoms with E-state index in [-0.39, 0.29) is 5.91 Å². The standard InChI is InChI=1S/C15H15ClN2OS/c1-18(13-5-6-13)15(19)11-4-2-3-10(7-11)14-17-12(8-16)9-20-14/h2-4,7,9,13H,5-6,8H2,1H3. The van der Waals surface area contributed by atoms with Crippen LogP contribution in [-0.2, 0) is 5.88 Å². The molecule has 0 bridgehead atoms. The molecule has 0 aliphatic heterocycles. The Bertz CT molecular complexity index is 636. The number of carbonyl (C=O) groups is 1. The summed E-state index contributed by atoms with van der Waals surface area (Å²) in [6.07, 6.45) is 2.24. The minimum Gasteiger partial charge on any atom is -0.339 e. The minimum atomic E-state index is 0.0865. The zero-order chi connectivity index (χ0) is 14.1. The van der Waals surface area contributed by atoms with Crippen molar-refractivity contribution in [3.05, 3.63) is 40.9 Å². The summed E-state index contributed by atoms with van der Waals surface area (Å²) < 4.78 is 0. The van der Waals surface area contributed by atoms with Gasteiger partial charge in [-0.2, -0.15) is 0 Å². The maximum atomic E-state index is 12.4. The van der Waals surface area contributed by atoms with E-state index in [1.54, 1.807) is 11.3 Å². The first-order valence-electron chi connectivity index (χ1n) is 6.57. The Kier molecular flexibility index (Phi) is 3.76. The first-order chi connectivity index (χ1) is 9.69. The van der Waals surface area contributed by atoms with Gasteiger partial charge >= 0.3 is 0 Å². The molecule has 1 saturated carbocycles. The molecule has 0 atom stereocenters. The van der Waals surface area contributed by atoms with E-state index in [2.05, 4.69) is 4.98 Å². The van der Waals surface area contributed by atoms with Crippen molar-refractivity contribution in [2.45, 2.75) is 24.8 Å². The van der Waals surface area contributed by atoms with Crippen molar-refractivity contribution in [2.75, 3.05) is 7.05 Å². The van der Waals surface area contributed by atoms with Gasteiger partial charge in [0, 0.05) is 29.6 Å². The van der Waals surface area contributed by atoms with Crippen LogP contribution in [-0.4, -0.2) is 28.9 Å². The van der Waals surface area contributed by atoms with Crippen LogP contribution >= 0.6 is 22.9 Å². The fourth-order valence-electron chi connectivity index (χ4n) is 2.12. The first kappa shape index (κ1) is 13.6. The van der Waals surface area contributed by atoms with Gasteiger partial charge in [0.25, 0.3) is 5.91 Å². The van der Waals surface area contributed by atoms with Crippen molar-refractivity contribution in [1.82, 2.24) is 9.88 Å². The van der Waals surface area contributed by atoms with Crippen LogP contribution in [0.2, 0.25) is 0 Å². The van der Waals surface area contributed by atoms with Gasteiger partial charge in [-0.15, -0.1) is 22.9 Å². The molecule has 20 heavy (non-hydrogen) atoms. The lowest BCUT2D eigenvalue weighted by atomic mass is 10.1. The molecule has 0 radical (unpaired) electrons. The third-order valence-electron chi connectivity index (χ3n) is 3.46. The lowest BCUT2D eigenvalue weighted by molar-refractivity contribution is 0.0785. The third-order valence-corrected chi connectivity index (χ3v) is 4.67. The van der Waals surface area contributed by atoms with Crippen LogP contribution in [0, 0.1) is 0 Å². The van der Waals surface area contributed by atoms with Crippen molar-refractivity contribution in [3.63, 3.8) is 0 Å². The van der Waals surface area contributed by atoms with E-state index < -0.39 is 0 Å². The Morgan fingerprint density at radius 2 is 2.30 bits per heavy atom. The number of carbonyl (C=O) groups excluding carboxylic acids is 1. The molecule has 104 valence electrons. The predicted molar refractivity (Wildman–Crippen MR) is 82.2 cm³/mol. The second kappa shape index (κ2) is 5.54. The van der Waals surface area contributed by atoms with E-state index in [0.29, 0.717) is 11.9 Å². The van der Waals surface area contributed by atoms with E-state index in [1.165, 1.54) is 0 Å². The zero-order valence-corrected chi connectivity index (χ0v) is 12.7. The van der Waals surface area contributed by atoms with Crippen molar-refractivity contribution < 1.29 is 4.79 Å². The normalized spacial score (nSPS) is 14.3. The summed E-state index contributed by atoms with van der Waals surface area (Å²) in [6, 6.07) is 8.09. The fourth-order valence-corrected chi connectivity index (χ4v) is 3.16. The summed E-state index contributed by atoms with van der Waals surface area (Å²) in [7, 11) is 1.88. The van der Waals surface area contributed by atoms with Gasteiger partial charge in [0.2, 0.25) is 0 Å². The molecule has 1 aliphatic carbocycles. The lowest BCUT2D eigenvalue weighted by Gasteiger charge is -2.16. The molecule has 2 aromatic rings. The number of amides is 1. The first-order valence-corrected chi connectivity index (χ1v) is 7.98. The van der Waals surface area contributed by atoms with Crippen LogP contribution < -0.4 is 0 Å². The smallest absolute Gasteiger partial charge is 0.253 e. The highest BCUT2D eigenvalue weighted by Crippen LogP contribution is 2.28. The largest absolute Gasteiger partial charge is 0.339 e. The highest BCUT2D eigenvalue weighted by Gasteiger charge is 2.30. The second-order valence-corrected chi connectivity index (χ2v) is 6.13. The number of hydrogen-bond acceptors (Lipinski definition) is 3. The summed E-state index contributed by atoms with van der Waals surface area (Å²) in [5, 5.41) is 2.86. The van der Waals surface area contributed by atoms with Crippen molar-refractivity contribution in [1.29, 1.82) is 0 Å². The van der Waals surface area contributed by atoms with Crippen LogP contribution in [0.3, 0.4) is 0 Å². The lowest BCUT2D eigenvalue weighted by Crippen LogP contribution is -2.28. The van der Waals surface area contributed by atoms with Gasteiger partial charge in [-0.3, -0.25) is 4.79 Å². The van der Waals surface area contributed by atoms with Crippen molar-refractivity contribution >= 4 is 28.8 Å². The number of hydrogen-bond donors (Lipinski definition) is 0. The number of alkyl halides is 1. The average molecular weight is 307 g/mol. The molecular weight excluding hydrogens is 292 g/mol. The molecule has 1 fully saturated rings. The number of aromatic nitrogens is 1. The van der Waals surface area contributed by atoms with Gasteiger partial charge < -0.3 is 4.90 Å². The van der Waals surface area contributed by atoms with Gasteiger partial charge in [0.05, 0.1) is 11.6 Å².